The maximum absolute atomic E-state index is 12.6. The fourth-order valence-electron chi connectivity index (χ4n) is 4.81. The fourth-order valence-corrected chi connectivity index (χ4v) is 4.81. The number of aromatic hydroxyl groups is 3. The van der Waals surface area contributed by atoms with E-state index in [1.165, 1.54) is 63.0 Å². The minimum absolute atomic E-state index is 0.226. The van der Waals surface area contributed by atoms with Crippen LogP contribution in [0.15, 0.2) is 45.8 Å². The predicted octanol–water partition coefficient (Wildman–Crippen LogP) is 7.78. The summed E-state index contributed by atoms with van der Waals surface area (Å²) in [5, 5.41) is 30.6. The highest BCUT2D eigenvalue weighted by atomic mass is 16.3. The van der Waals surface area contributed by atoms with E-state index in [1.807, 2.05) is 12.1 Å². The van der Waals surface area contributed by atoms with Crippen molar-refractivity contribution in [3.05, 3.63) is 52.4 Å². The molecular weight excluding hydrogens is 440 g/mol. The quantitative estimate of drug-likeness (QED) is 0.230. The third-order valence-corrected chi connectivity index (χ3v) is 7.04. The van der Waals surface area contributed by atoms with E-state index in [4.69, 9.17) is 4.42 Å². The average Bonchev–Trinajstić information content (AvgIpc) is 2.81. The van der Waals surface area contributed by atoms with Gasteiger partial charge in [-0.05, 0) is 60.4 Å². The van der Waals surface area contributed by atoms with Gasteiger partial charge in [-0.1, -0.05) is 66.2 Å². The highest BCUT2D eigenvalue weighted by molar-refractivity contribution is 5.96. The van der Waals surface area contributed by atoms with Crippen LogP contribution in [0.4, 0.5) is 0 Å². The summed E-state index contributed by atoms with van der Waals surface area (Å²) in [6, 6.07) is 7.92. The maximum Gasteiger partial charge on any atom is 0.200 e. The lowest BCUT2D eigenvalue weighted by Gasteiger charge is -2.16. The van der Waals surface area contributed by atoms with Gasteiger partial charge in [0.2, 0.25) is 5.75 Å². The Bertz CT molecular complexity index is 1180. The molecule has 0 bridgehead atoms. The van der Waals surface area contributed by atoms with Crippen molar-refractivity contribution in [2.24, 2.45) is 17.8 Å². The van der Waals surface area contributed by atoms with E-state index in [-0.39, 0.29) is 11.0 Å². The molecular formula is C30H40O5. The van der Waals surface area contributed by atoms with Gasteiger partial charge in [-0.25, -0.2) is 0 Å². The van der Waals surface area contributed by atoms with Crippen molar-refractivity contribution in [3.8, 4) is 28.4 Å². The van der Waals surface area contributed by atoms with Crippen molar-refractivity contribution in [1.82, 2.24) is 0 Å². The van der Waals surface area contributed by atoms with E-state index in [2.05, 4.69) is 27.7 Å². The third-order valence-electron chi connectivity index (χ3n) is 7.04. The molecule has 0 aliphatic rings. The van der Waals surface area contributed by atoms with Crippen molar-refractivity contribution in [3.63, 3.8) is 0 Å². The summed E-state index contributed by atoms with van der Waals surface area (Å²) in [5.74, 6) is 0.666. The molecule has 2 aromatic carbocycles. The molecule has 5 nitrogen and oxygen atoms in total. The van der Waals surface area contributed by atoms with Crippen molar-refractivity contribution in [1.29, 1.82) is 0 Å². The largest absolute Gasteiger partial charge is 0.504 e. The van der Waals surface area contributed by atoms with Crippen LogP contribution in [-0.4, -0.2) is 15.3 Å². The average molecular weight is 481 g/mol. The summed E-state index contributed by atoms with van der Waals surface area (Å²) in [7, 11) is 0. The molecule has 3 N–H and O–H groups in total. The lowest BCUT2D eigenvalue weighted by atomic mass is 9.90. The van der Waals surface area contributed by atoms with Gasteiger partial charge in [0.25, 0.3) is 0 Å². The van der Waals surface area contributed by atoms with Gasteiger partial charge in [-0.3, -0.25) is 4.79 Å². The lowest BCUT2D eigenvalue weighted by Crippen LogP contribution is -2.03. The summed E-state index contributed by atoms with van der Waals surface area (Å²) in [4.78, 5) is 12.6. The van der Waals surface area contributed by atoms with E-state index < -0.39 is 17.2 Å². The number of fused-ring (bicyclic) bond motifs is 1. The van der Waals surface area contributed by atoms with Crippen LogP contribution in [-0.2, 0) is 6.42 Å². The Kier molecular flexibility index (Phi) is 9.25. The fraction of sp³-hybridized carbons (Fsp3) is 0.500. The van der Waals surface area contributed by atoms with Crippen LogP contribution in [0.1, 0.15) is 78.2 Å². The second kappa shape index (κ2) is 12.1. The minimum Gasteiger partial charge on any atom is -0.504 e. The highest BCUT2D eigenvalue weighted by Crippen LogP contribution is 2.44. The molecule has 5 heteroatoms. The lowest BCUT2D eigenvalue weighted by molar-refractivity contribution is 0.369. The Morgan fingerprint density at radius 1 is 0.771 bits per heavy atom. The van der Waals surface area contributed by atoms with Crippen molar-refractivity contribution < 1.29 is 19.7 Å². The minimum atomic E-state index is -0.603. The van der Waals surface area contributed by atoms with E-state index in [1.54, 1.807) is 0 Å². The van der Waals surface area contributed by atoms with Gasteiger partial charge < -0.3 is 19.7 Å². The first kappa shape index (κ1) is 26.7. The molecule has 2 atom stereocenters. The second-order valence-corrected chi connectivity index (χ2v) is 10.6. The van der Waals surface area contributed by atoms with Crippen molar-refractivity contribution in [2.45, 2.75) is 79.1 Å². The first-order chi connectivity index (χ1) is 16.7. The summed E-state index contributed by atoms with van der Waals surface area (Å²) in [6.07, 6.45) is 10.9. The molecule has 0 saturated heterocycles. The number of benzene rings is 2. The molecule has 1 aromatic heterocycles. The van der Waals surface area contributed by atoms with Gasteiger partial charge in [-0.15, -0.1) is 0 Å². The zero-order valence-corrected chi connectivity index (χ0v) is 21.5. The normalized spacial score (nSPS) is 13.4. The van der Waals surface area contributed by atoms with E-state index >= 15 is 0 Å². The zero-order chi connectivity index (χ0) is 25.5. The van der Waals surface area contributed by atoms with Crippen LogP contribution in [0.25, 0.3) is 22.1 Å². The number of phenols is 3. The van der Waals surface area contributed by atoms with Crippen molar-refractivity contribution >= 4 is 11.0 Å². The van der Waals surface area contributed by atoms with Gasteiger partial charge in [0.05, 0.1) is 11.6 Å². The van der Waals surface area contributed by atoms with Crippen LogP contribution in [0.3, 0.4) is 0 Å². The van der Waals surface area contributed by atoms with Gasteiger partial charge >= 0.3 is 0 Å². The standard InChI is InChI=1S/C30H40O5/c1-19(2)7-5-8-20(3)9-6-10-21(4)11-12-22-17-24(23-13-14-26(32)30(34)29(23)33)28-25(31)15-16-35-27(28)18-22/h13-21,32-34H,5-12H2,1-4H3. The van der Waals surface area contributed by atoms with Crippen molar-refractivity contribution in [2.75, 3.05) is 0 Å². The van der Waals surface area contributed by atoms with Crippen LogP contribution in [0, 0.1) is 17.8 Å². The van der Waals surface area contributed by atoms with Gasteiger partial charge in [0.15, 0.2) is 16.9 Å². The molecule has 1 heterocycles. The van der Waals surface area contributed by atoms with E-state index in [0.29, 0.717) is 22.5 Å². The molecule has 2 unspecified atom stereocenters. The number of phenolic OH excluding ortho intramolecular Hbond substituents is 3. The van der Waals surface area contributed by atoms with Crippen LogP contribution < -0.4 is 5.43 Å². The molecule has 0 amide bonds. The zero-order valence-electron chi connectivity index (χ0n) is 21.5. The first-order valence-corrected chi connectivity index (χ1v) is 13.0. The smallest absolute Gasteiger partial charge is 0.200 e. The molecule has 3 rings (SSSR count). The van der Waals surface area contributed by atoms with Crippen LogP contribution >= 0.6 is 0 Å². The van der Waals surface area contributed by atoms with Gasteiger partial charge in [-0.2, -0.15) is 0 Å². The molecule has 0 fully saturated rings. The summed E-state index contributed by atoms with van der Waals surface area (Å²) >= 11 is 0. The monoisotopic (exact) mass is 480 g/mol. The molecule has 0 aliphatic carbocycles. The molecule has 3 aromatic rings. The molecule has 35 heavy (non-hydrogen) atoms. The van der Waals surface area contributed by atoms with E-state index in [0.717, 1.165) is 30.2 Å². The number of hydrogen-bond donors (Lipinski definition) is 3. The van der Waals surface area contributed by atoms with Crippen LogP contribution in [0.5, 0.6) is 17.2 Å². The maximum atomic E-state index is 12.6. The Morgan fingerprint density at radius 3 is 2.11 bits per heavy atom. The van der Waals surface area contributed by atoms with Crippen LogP contribution in [0.2, 0.25) is 0 Å². The first-order valence-electron chi connectivity index (χ1n) is 13.0. The van der Waals surface area contributed by atoms with Gasteiger partial charge in [0, 0.05) is 17.2 Å². The molecule has 0 saturated carbocycles. The van der Waals surface area contributed by atoms with E-state index in [9.17, 15) is 20.1 Å². The predicted molar refractivity (Wildman–Crippen MR) is 142 cm³/mol. The Hall–Kier alpha value is -2.95. The Morgan fingerprint density at radius 2 is 1.43 bits per heavy atom. The number of hydrogen-bond acceptors (Lipinski definition) is 5. The topological polar surface area (TPSA) is 90.9 Å². The SMILES string of the molecule is CC(C)CCCC(C)CCCC(C)CCc1cc(-c2ccc(O)c(O)c2O)c2c(=O)ccoc2c1. The Balaban J connectivity index is 1.69. The Labute approximate surface area is 208 Å². The highest BCUT2D eigenvalue weighted by Gasteiger charge is 2.18. The summed E-state index contributed by atoms with van der Waals surface area (Å²) < 4.78 is 5.64. The summed E-state index contributed by atoms with van der Waals surface area (Å²) in [6.45, 7) is 9.23. The number of rotatable bonds is 12. The number of aryl methyl sites for hydroxylation is 1. The molecule has 190 valence electrons. The third kappa shape index (κ3) is 7.03. The summed E-state index contributed by atoms with van der Waals surface area (Å²) in [5.41, 5.74) is 1.99. The molecule has 0 spiro atoms. The molecule has 0 radical (unpaired) electrons. The van der Waals surface area contributed by atoms with Gasteiger partial charge in [0.1, 0.15) is 5.58 Å². The molecule has 0 aliphatic heterocycles. The second-order valence-electron chi connectivity index (χ2n) is 10.6.